The maximum absolute atomic E-state index is 15.5. The Morgan fingerprint density at radius 1 is 1.11 bits per heavy atom. The average molecular weight is 496 g/mol. The zero-order valence-electron chi connectivity index (χ0n) is 19.2. The predicted molar refractivity (Wildman–Crippen MR) is 122 cm³/mol. The minimum atomic E-state index is -4.43. The molecule has 3 N–H and O–H groups in total. The number of primary amides is 1. The van der Waals surface area contributed by atoms with Crippen molar-refractivity contribution in [2.24, 2.45) is 17.6 Å². The van der Waals surface area contributed by atoms with Gasteiger partial charge < -0.3 is 20.7 Å². The summed E-state index contributed by atoms with van der Waals surface area (Å²) in [5.74, 6) is -0.0591. The minimum Gasteiger partial charge on any atom is -0.377 e. The minimum absolute atomic E-state index is 0.0841. The second-order valence-corrected chi connectivity index (χ2v) is 9.20. The number of halogens is 4. The molecular formula is C24H29F4N5O2. The topological polar surface area (TPSA) is 93.4 Å². The highest BCUT2D eigenvalue weighted by Gasteiger charge is 2.33. The fourth-order valence-electron chi connectivity index (χ4n) is 4.88. The SMILES string of the molecule is NC(=O)CC1CCC(CNc2ncnc(N3CCOCC3c3ccc(C(F)(F)F)cc3)c2F)CC1. The van der Waals surface area contributed by atoms with E-state index in [0.29, 0.717) is 43.5 Å². The van der Waals surface area contributed by atoms with Crippen molar-refractivity contribution >= 4 is 17.5 Å². The average Bonchev–Trinajstić information content (AvgIpc) is 2.84. The first-order valence-electron chi connectivity index (χ1n) is 11.8. The molecule has 35 heavy (non-hydrogen) atoms. The number of alkyl halides is 3. The van der Waals surface area contributed by atoms with Crippen molar-refractivity contribution in [3.63, 3.8) is 0 Å². The number of anilines is 2. The Morgan fingerprint density at radius 3 is 2.46 bits per heavy atom. The van der Waals surface area contributed by atoms with E-state index in [1.54, 1.807) is 4.90 Å². The first kappa shape index (κ1) is 25.2. The maximum atomic E-state index is 15.5. The fraction of sp³-hybridized carbons (Fsp3) is 0.542. The molecule has 0 radical (unpaired) electrons. The lowest BCUT2D eigenvalue weighted by Gasteiger charge is -2.37. The Kier molecular flexibility index (Phi) is 7.73. The highest BCUT2D eigenvalue weighted by molar-refractivity contribution is 5.74. The second kappa shape index (κ2) is 10.8. The number of morpholine rings is 1. The summed E-state index contributed by atoms with van der Waals surface area (Å²) in [6.45, 7) is 1.43. The second-order valence-electron chi connectivity index (χ2n) is 9.20. The van der Waals surface area contributed by atoms with Gasteiger partial charge in [-0.15, -0.1) is 0 Å². The van der Waals surface area contributed by atoms with E-state index in [2.05, 4.69) is 15.3 Å². The first-order chi connectivity index (χ1) is 16.7. The van der Waals surface area contributed by atoms with Crippen LogP contribution in [-0.2, 0) is 15.7 Å². The van der Waals surface area contributed by atoms with E-state index >= 15 is 4.39 Å². The molecular weight excluding hydrogens is 466 g/mol. The number of hydrogen-bond donors (Lipinski definition) is 2. The molecule has 1 saturated heterocycles. The molecule has 2 heterocycles. The van der Waals surface area contributed by atoms with Crippen molar-refractivity contribution in [3.05, 3.63) is 47.5 Å². The number of nitrogens with one attached hydrogen (secondary N) is 1. The van der Waals surface area contributed by atoms with Gasteiger partial charge in [-0.1, -0.05) is 12.1 Å². The number of rotatable bonds is 7. The molecule has 7 nitrogen and oxygen atoms in total. The zero-order chi connectivity index (χ0) is 25.0. The molecule has 1 amide bonds. The summed E-state index contributed by atoms with van der Waals surface area (Å²) in [7, 11) is 0. The van der Waals surface area contributed by atoms with Gasteiger partial charge in [-0.05, 0) is 55.2 Å². The Morgan fingerprint density at radius 2 is 1.80 bits per heavy atom. The summed E-state index contributed by atoms with van der Waals surface area (Å²) in [6, 6.07) is 4.33. The van der Waals surface area contributed by atoms with Crippen LogP contribution < -0.4 is 16.0 Å². The van der Waals surface area contributed by atoms with Gasteiger partial charge in [-0.25, -0.2) is 9.97 Å². The van der Waals surface area contributed by atoms with Crippen molar-refractivity contribution in [1.82, 2.24) is 9.97 Å². The van der Waals surface area contributed by atoms with Gasteiger partial charge in [-0.2, -0.15) is 17.6 Å². The van der Waals surface area contributed by atoms with Gasteiger partial charge >= 0.3 is 6.18 Å². The van der Waals surface area contributed by atoms with Gasteiger partial charge in [0.25, 0.3) is 0 Å². The number of aromatic nitrogens is 2. The molecule has 11 heteroatoms. The van der Waals surface area contributed by atoms with Crippen LogP contribution in [0.4, 0.5) is 29.2 Å². The van der Waals surface area contributed by atoms with Crippen LogP contribution in [0.3, 0.4) is 0 Å². The molecule has 190 valence electrons. The highest BCUT2D eigenvalue weighted by atomic mass is 19.4. The smallest absolute Gasteiger partial charge is 0.377 e. The van der Waals surface area contributed by atoms with Gasteiger partial charge in [0.2, 0.25) is 11.7 Å². The summed E-state index contributed by atoms with van der Waals surface area (Å²) in [5.41, 5.74) is 5.13. The molecule has 1 aromatic carbocycles. The van der Waals surface area contributed by atoms with E-state index in [4.69, 9.17) is 10.5 Å². The van der Waals surface area contributed by atoms with Crippen molar-refractivity contribution < 1.29 is 27.1 Å². The lowest BCUT2D eigenvalue weighted by atomic mass is 9.80. The molecule has 2 fully saturated rings. The Hall–Kier alpha value is -2.95. The zero-order valence-corrected chi connectivity index (χ0v) is 19.2. The van der Waals surface area contributed by atoms with Crippen LogP contribution in [0.15, 0.2) is 30.6 Å². The molecule has 4 rings (SSSR count). The van der Waals surface area contributed by atoms with Crippen LogP contribution in [-0.4, -0.2) is 42.2 Å². The lowest BCUT2D eigenvalue weighted by Crippen LogP contribution is -2.40. The Balaban J connectivity index is 1.44. The number of nitrogens with zero attached hydrogens (tertiary/aromatic N) is 3. The number of amides is 1. The third-order valence-corrected chi connectivity index (χ3v) is 6.81. The van der Waals surface area contributed by atoms with E-state index in [0.717, 1.165) is 37.8 Å². The van der Waals surface area contributed by atoms with Gasteiger partial charge in [-0.3, -0.25) is 4.79 Å². The number of nitrogens with two attached hydrogens (primary N) is 1. The normalized spacial score (nSPS) is 23.2. The number of carbonyl (C=O) groups is 1. The number of ether oxygens (including phenoxy) is 1. The van der Waals surface area contributed by atoms with E-state index < -0.39 is 23.6 Å². The molecule has 1 atom stereocenters. The number of hydrogen-bond acceptors (Lipinski definition) is 6. The Bertz CT molecular complexity index is 1010. The van der Waals surface area contributed by atoms with Crippen LogP contribution >= 0.6 is 0 Å². The quantitative estimate of drug-likeness (QED) is 0.557. The largest absolute Gasteiger partial charge is 0.416 e. The third kappa shape index (κ3) is 6.19. The molecule has 1 saturated carbocycles. The molecule has 1 aliphatic carbocycles. The highest BCUT2D eigenvalue weighted by Crippen LogP contribution is 2.35. The first-order valence-corrected chi connectivity index (χ1v) is 11.8. The molecule has 0 spiro atoms. The fourth-order valence-corrected chi connectivity index (χ4v) is 4.88. The van der Waals surface area contributed by atoms with Crippen LogP contribution in [0.2, 0.25) is 0 Å². The van der Waals surface area contributed by atoms with Crippen molar-refractivity contribution in [1.29, 1.82) is 0 Å². The van der Waals surface area contributed by atoms with Crippen molar-refractivity contribution in [2.75, 3.05) is 36.5 Å². The standard InChI is InChI=1S/C24H29F4N5O2/c25-21-22(30-12-16-3-1-15(2-4-16)11-20(29)34)31-14-32-23(21)33-9-10-35-13-19(33)17-5-7-18(8-6-17)24(26,27)28/h5-8,14-16,19H,1-4,9-13H2,(H2,29,34)(H,30,31,32). The predicted octanol–water partition coefficient (Wildman–Crippen LogP) is 4.31. The van der Waals surface area contributed by atoms with Gasteiger partial charge in [0, 0.05) is 19.5 Å². The van der Waals surface area contributed by atoms with Crippen LogP contribution in [0.5, 0.6) is 0 Å². The van der Waals surface area contributed by atoms with Crippen LogP contribution in [0.25, 0.3) is 0 Å². The van der Waals surface area contributed by atoms with Crippen LogP contribution in [0, 0.1) is 17.7 Å². The molecule has 1 aliphatic heterocycles. The summed E-state index contributed by atoms with van der Waals surface area (Å²) in [4.78, 5) is 21.1. The monoisotopic (exact) mass is 495 g/mol. The van der Waals surface area contributed by atoms with E-state index in [-0.39, 0.29) is 24.1 Å². The van der Waals surface area contributed by atoms with Crippen LogP contribution in [0.1, 0.15) is 49.3 Å². The lowest BCUT2D eigenvalue weighted by molar-refractivity contribution is -0.137. The van der Waals surface area contributed by atoms with E-state index in [1.807, 2.05) is 0 Å². The summed E-state index contributed by atoms with van der Waals surface area (Å²) in [5, 5.41) is 3.10. The van der Waals surface area contributed by atoms with Crippen molar-refractivity contribution in [2.45, 2.75) is 44.3 Å². The summed E-state index contributed by atoms with van der Waals surface area (Å²) < 4.78 is 59.8. The molecule has 2 aromatic rings. The molecule has 1 aromatic heterocycles. The summed E-state index contributed by atoms with van der Waals surface area (Å²) in [6.07, 6.45) is 0.924. The summed E-state index contributed by atoms with van der Waals surface area (Å²) >= 11 is 0. The maximum Gasteiger partial charge on any atom is 0.416 e. The van der Waals surface area contributed by atoms with Crippen molar-refractivity contribution in [3.8, 4) is 0 Å². The molecule has 1 unspecified atom stereocenters. The van der Waals surface area contributed by atoms with Gasteiger partial charge in [0.1, 0.15) is 6.33 Å². The third-order valence-electron chi connectivity index (χ3n) is 6.81. The molecule has 0 bridgehead atoms. The van der Waals surface area contributed by atoms with E-state index in [9.17, 15) is 18.0 Å². The Labute approximate surface area is 201 Å². The number of carbonyl (C=O) groups excluding carboxylic acids is 1. The van der Waals surface area contributed by atoms with E-state index in [1.165, 1.54) is 18.5 Å². The van der Waals surface area contributed by atoms with Gasteiger partial charge in [0.05, 0.1) is 24.8 Å². The molecule has 2 aliphatic rings. The number of benzene rings is 1. The van der Waals surface area contributed by atoms with Gasteiger partial charge in [0.15, 0.2) is 11.6 Å².